The summed E-state index contributed by atoms with van der Waals surface area (Å²) >= 11 is 0. The van der Waals surface area contributed by atoms with E-state index in [9.17, 15) is 13.2 Å². The van der Waals surface area contributed by atoms with E-state index in [1.165, 1.54) is 12.4 Å². The van der Waals surface area contributed by atoms with E-state index in [4.69, 9.17) is 0 Å². The summed E-state index contributed by atoms with van der Waals surface area (Å²) < 4.78 is 38.0. The molecule has 2 aromatic rings. The molecule has 1 aromatic heterocycles. The molecular formula is C14H14F3N3. The largest absolute Gasteiger partial charge is 0.416 e. The number of nitrogens with one attached hydrogen (secondary N) is 1. The Bertz CT molecular complexity index is 636. The second-order valence-corrected chi connectivity index (χ2v) is 4.47. The number of benzene rings is 1. The number of alkyl halides is 3. The molecule has 1 aromatic carbocycles. The number of halogens is 3. The van der Waals surface area contributed by atoms with Crippen LogP contribution in [0.15, 0.2) is 24.5 Å². The summed E-state index contributed by atoms with van der Waals surface area (Å²) in [5.41, 5.74) is 1.99. The number of rotatable bonds is 2. The predicted octanol–water partition coefficient (Wildman–Crippen LogP) is 3.82. The Labute approximate surface area is 114 Å². The Morgan fingerprint density at radius 2 is 1.80 bits per heavy atom. The molecule has 0 aliphatic heterocycles. The van der Waals surface area contributed by atoms with Crippen molar-refractivity contribution in [1.29, 1.82) is 0 Å². The van der Waals surface area contributed by atoms with Crippen LogP contribution in [0.25, 0.3) is 11.3 Å². The molecule has 0 fully saturated rings. The Morgan fingerprint density at radius 3 is 2.35 bits per heavy atom. The van der Waals surface area contributed by atoms with E-state index in [1.807, 2.05) is 6.92 Å². The minimum atomic E-state index is -4.33. The highest BCUT2D eigenvalue weighted by atomic mass is 19.4. The van der Waals surface area contributed by atoms with Crippen molar-refractivity contribution < 1.29 is 13.2 Å². The lowest BCUT2D eigenvalue weighted by Gasteiger charge is -2.13. The van der Waals surface area contributed by atoms with Crippen LogP contribution in [0.5, 0.6) is 0 Å². The van der Waals surface area contributed by atoms with Crippen molar-refractivity contribution in [2.45, 2.75) is 20.0 Å². The van der Waals surface area contributed by atoms with Crippen molar-refractivity contribution in [2.24, 2.45) is 0 Å². The van der Waals surface area contributed by atoms with Crippen LogP contribution in [-0.4, -0.2) is 17.0 Å². The summed E-state index contributed by atoms with van der Waals surface area (Å²) in [4.78, 5) is 8.24. The highest BCUT2D eigenvalue weighted by molar-refractivity contribution is 5.70. The van der Waals surface area contributed by atoms with Crippen LogP contribution < -0.4 is 5.32 Å². The third-order valence-corrected chi connectivity index (χ3v) is 3.13. The van der Waals surface area contributed by atoms with Crippen LogP contribution in [0.3, 0.4) is 0 Å². The molecule has 0 atom stereocenters. The van der Waals surface area contributed by atoms with Crippen molar-refractivity contribution in [3.63, 3.8) is 0 Å². The SMILES string of the molecule is CNc1ncnc(-c2ccc(C(F)(F)F)cc2C)c1C. The third-order valence-electron chi connectivity index (χ3n) is 3.13. The molecule has 1 N–H and O–H groups in total. The maximum absolute atomic E-state index is 12.7. The van der Waals surface area contributed by atoms with Gasteiger partial charge < -0.3 is 5.32 Å². The summed E-state index contributed by atoms with van der Waals surface area (Å²) in [7, 11) is 1.73. The quantitative estimate of drug-likeness (QED) is 0.909. The maximum atomic E-state index is 12.7. The minimum absolute atomic E-state index is 0.531. The number of aromatic nitrogens is 2. The number of hydrogen-bond acceptors (Lipinski definition) is 3. The average Bonchev–Trinajstić information content (AvgIpc) is 2.38. The van der Waals surface area contributed by atoms with Gasteiger partial charge in [-0.15, -0.1) is 0 Å². The van der Waals surface area contributed by atoms with Crippen LogP contribution in [0.2, 0.25) is 0 Å². The summed E-state index contributed by atoms with van der Waals surface area (Å²) in [5, 5.41) is 2.93. The van der Waals surface area contributed by atoms with Crippen LogP contribution in [-0.2, 0) is 6.18 Å². The Balaban J connectivity index is 2.55. The summed E-state index contributed by atoms with van der Waals surface area (Å²) in [6, 6.07) is 3.66. The predicted molar refractivity (Wildman–Crippen MR) is 71.5 cm³/mol. The van der Waals surface area contributed by atoms with E-state index in [-0.39, 0.29) is 0 Å². The Kier molecular flexibility index (Phi) is 3.65. The summed E-state index contributed by atoms with van der Waals surface area (Å²) in [6.45, 7) is 3.48. The first kappa shape index (κ1) is 14.3. The minimum Gasteiger partial charge on any atom is -0.373 e. The molecule has 0 aliphatic carbocycles. The van der Waals surface area contributed by atoms with E-state index in [0.717, 1.165) is 17.7 Å². The molecule has 0 saturated heterocycles. The van der Waals surface area contributed by atoms with Crippen LogP contribution in [0.1, 0.15) is 16.7 Å². The average molecular weight is 281 g/mol. The molecule has 0 aliphatic rings. The standard InChI is InChI=1S/C14H14F3N3/c1-8-6-10(14(15,16)17)4-5-11(8)12-9(2)13(18-3)20-7-19-12/h4-7H,1-3H3,(H,18,19,20). The molecule has 0 radical (unpaired) electrons. The van der Waals surface area contributed by atoms with Crippen molar-refractivity contribution in [2.75, 3.05) is 12.4 Å². The van der Waals surface area contributed by atoms with Crippen molar-refractivity contribution in [3.05, 3.63) is 41.2 Å². The highest BCUT2D eigenvalue weighted by Crippen LogP contribution is 2.34. The van der Waals surface area contributed by atoms with Crippen molar-refractivity contribution in [3.8, 4) is 11.3 Å². The summed E-state index contributed by atoms with van der Waals surface area (Å²) in [6.07, 6.45) is -2.94. The second kappa shape index (κ2) is 5.11. The van der Waals surface area contributed by atoms with Crippen LogP contribution in [0, 0.1) is 13.8 Å². The number of hydrogen-bond donors (Lipinski definition) is 1. The van der Waals surface area contributed by atoms with Gasteiger partial charge in [0.1, 0.15) is 12.1 Å². The van der Waals surface area contributed by atoms with Gasteiger partial charge in [-0.2, -0.15) is 13.2 Å². The first-order valence-corrected chi connectivity index (χ1v) is 6.02. The first-order valence-electron chi connectivity index (χ1n) is 6.02. The molecule has 106 valence electrons. The zero-order chi connectivity index (χ0) is 14.9. The molecule has 2 rings (SSSR count). The van der Waals surface area contributed by atoms with Gasteiger partial charge in [-0.05, 0) is 31.5 Å². The monoisotopic (exact) mass is 281 g/mol. The van der Waals surface area contributed by atoms with E-state index < -0.39 is 11.7 Å². The molecule has 6 heteroatoms. The van der Waals surface area contributed by atoms with E-state index >= 15 is 0 Å². The molecule has 0 amide bonds. The lowest BCUT2D eigenvalue weighted by atomic mass is 9.99. The fraction of sp³-hybridized carbons (Fsp3) is 0.286. The van der Waals surface area contributed by atoms with Gasteiger partial charge in [0.25, 0.3) is 0 Å². The normalized spacial score (nSPS) is 11.5. The lowest BCUT2D eigenvalue weighted by molar-refractivity contribution is -0.137. The maximum Gasteiger partial charge on any atom is 0.416 e. The number of nitrogens with zero attached hydrogens (tertiary/aromatic N) is 2. The van der Waals surface area contributed by atoms with Crippen LogP contribution in [0.4, 0.5) is 19.0 Å². The van der Waals surface area contributed by atoms with E-state index in [2.05, 4.69) is 15.3 Å². The van der Waals surface area contributed by atoms with Gasteiger partial charge in [-0.1, -0.05) is 6.07 Å². The first-order chi connectivity index (χ1) is 9.34. The van der Waals surface area contributed by atoms with Gasteiger partial charge in [-0.3, -0.25) is 0 Å². The Hall–Kier alpha value is -2.11. The van der Waals surface area contributed by atoms with Gasteiger partial charge in [0, 0.05) is 18.2 Å². The third kappa shape index (κ3) is 2.59. The highest BCUT2D eigenvalue weighted by Gasteiger charge is 2.30. The van der Waals surface area contributed by atoms with Gasteiger partial charge in [0.15, 0.2) is 0 Å². The molecule has 0 spiro atoms. The zero-order valence-electron chi connectivity index (χ0n) is 11.3. The van der Waals surface area contributed by atoms with Gasteiger partial charge >= 0.3 is 6.18 Å². The fourth-order valence-corrected chi connectivity index (χ4v) is 2.08. The van der Waals surface area contributed by atoms with Crippen LogP contribution >= 0.6 is 0 Å². The molecule has 1 heterocycles. The topological polar surface area (TPSA) is 37.8 Å². The second-order valence-electron chi connectivity index (χ2n) is 4.47. The lowest BCUT2D eigenvalue weighted by Crippen LogP contribution is -2.06. The molecular weight excluding hydrogens is 267 g/mol. The fourth-order valence-electron chi connectivity index (χ4n) is 2.08. The van der Waals surface area contributed by atoms with Crippen molar-refractivity contribution in [1.82, 2.24) is 9.97 Å². The molecule has 20 heavy (non-hydrogen) atoms. The Morgan fingerprint density at radius 1 is 1.10 bits per heavy atom. The zero-order valence-corrected chi connectivity index (χ0v) is 11.3. The number of aryl methyl sites for hydroxylation is 1. The van der Waals surface area contributed by atoms with Gasteiger partial charge in [-0.25, -0.2) is 9.97 Å². The molecule has 0 unspecified atom stereocenters. The summed E-state index contributed by atoms with van der Waals surface area (Å²) in [5.74, 6) is 0.661. The molecule has 0 bridgehead atoms. The smallest absolute Gasteiger partial charge is 0.373 e. The van der Waals surface area contributed by atoms with E-state index in [0.29, 0.717) is 22.6 Å². The molecule has 0 saturated carbocycles. The molecule has 3 nitrogen and oxygen atoms in total. The number of anilines is 1. The van der Waals surface area contributed by atoms with Gasteiger partial charge in [0.05, 0.1) is 11.3 Å². The van der Waals surface area contributed by atoms with Gasteiger partial charge in [0.2, 0.25) is 0 Å². The van der Waals surface area contributed by atoms with Crippen molar-refractivity contribution >= 4 is 5.82 Å². The van der Waals surface area contributed by atoms with E-state index in [1.54, 1.807) is 14.0 Å².